The Morgan fingerprint density at radius 2 is 1.67 bits per heavy atom. The van der Waals surface area contributed by atoms with Crippen LogP contribution in [0.1, 0.15) is 40.5 Å². The van der Waals surface area contributed by atoms with E-state index in [1.165, 1.54) is 0 Å². The van der Waals surface area contributed by atoms with Gasteiger partial charge in [-0.05, 0) is 5.92 Å². The number of nitrogens with one attached hydrogen (secondary N) is 1. The highest BCUT2D eigenvalue weighted by Crippen LogP contribution is 2.15. The molecule has 0 heterocycles. The standard InChI is InChI=1S/C13H23NO4/c1-8(2)10(7-12(16)17)13(18)14-6-5-11(15)9(3)4/h8-10H,5-7H2,1-4H3,(H,14,18)(H,16,17). The number of Topliss-reactive ketones (excluding diaryl/α,β-unsaturated/α-hetero) is 1. The Morgan fingerprint density at radius 1 is 1.11 bits per heavy atom. The van der Waals surface area contributed by atoms with Crippen LogP contribution in [0.3, 0.4) is 0 Å². The predicted molar refractivity (Wildman–Crippen MR) is 68.1 cm³/mol. The van der Waals surface area contributed by atoms with Crippen LogP contribution in [-0.4, -0.2) is 29.3 Å². The zero-order valence-corrected chi connectivity index (χ0v) is 11.5. The molecule has 18 heavy (non-hydrogen) atoms. The van der Waals surface area contributed by atoms with E-state index >= 15 is 0 Å². The third-order valence-electron chi connectivity index (χ3n) is 2.85. The predicted octanol–water partition coefficient (Wildman–Crippen LogP) is 1.46. The number of rotatable bonds is 8. The molecule has 0 spiro atoms. The van der Waals surface area contributed by atoms with E-state index in [0.29, 0.717) is 6.42 Å². The summed E-state index contributed by atoms with van der Waals surface area (Å²) in [6.45, 7) is 7.52. The van der Waals surface area contributed by atoms with Gasteiger partial charge in [-0.2, -0.15) is 0 Å². The van der Waals surface area contributed by atoms with Gasteiger partial charge in [0.15, 0.2) is 0 Å². The van der Waals surface area contributed by atoms with Gasteiger partial charge in [0.05, 0.1) is 12.3 Å². The quantitative estimate of drug-likeness (QED) is 0.689. The third kappa shape index (κ3) is 6.37. The fraction of sp³-hybridized carbons (Fsp3) is 0.769. The van der Waals surface area contributed by atoms with Gasteiger partial charge in [-0.3, -0.25) is 14.4 Å². The minimum absolute atomic E-state index is 0.0399. The van der Waals surface area contributed by atoms with Crippen molar-refractivity contribution in [3.8, 4) is 0 Å². The van der Waals surface area contributed by atoms with Crippen molar-refractivity contribution in [1.29, 1.82) is 0 Å². The zero-order valence-electron chi connectivity index (χ0n) is 11.5. The largest absolute Gasteiger partial charge is 0.481 e. The first kappa shape index (κ1) is 16.6. The molecule has 1 amide bonds. The number of hydrogen-bond acceptors (Lipinski definition) is 3. The lowest BCUT2D eigenvalue weighted by molar-refractivity contribution is -0.142. The summed E-state index contributed by atoms with van der Waals surface area (Å²) >= 11 is 0. The highest BCUT2D eigenvalue weighted by Gasteiger charge is 2.24. The lowest BCUT2D eigenvalue weighted by atomic mass is 9.91. The topological polar surface area (TPSA) is 83.5 Å². The first-order valence-electron chi connectivity index (χ1n) is 6.27. The fourth-order valence-corrected chi connectivity index (χ4v) is 1.55. The molecule has 0 saturated carbocycles. The second-order valence-electron chi connectivity index (χ2n) is 5.11. The minimum atomic E-state index is -0.984. The highest BCUT2D eigenvalue weighted by atomic mass is 16.4. The van der Waals surface area contributed by atoms with Crippen LogP contribution in [0, 0.1) is 17.8 Å². The van der Waals surface area contributed by atoms with Crippen LogP contribution < -0.4 is 5.32 Å². The third-order valence-corrected chi connectivity index (χ3v) is 2.85. The van der Waals surface area contributed by atoms with Crippen molar-refractivity contribution >= 4 is 17.7 Å². The number of carboxylic acid groups (broad SMARTS) is 1. The molecule has 0 aliphatic heterocycles. The van der Waals surface area contributed by atoms with E-state index in [0.717, 1.165) is 0 Å². The fourth-order valence-electron chi connectivity index (χ4n) is 1.55. The number of carbonyl (C=O) groups is 3. The van der Waals surface area contributed by atoms with E-state index in [2.05, 4.69) is 5.32 Å². The average molecular weight is 257 g/mol. The average Bonchev–Trinajstić information content (AvgIpc) is 2.24. The van der Waals surface area contributed by atoms with Crippen molar-refractivity contribution in [2.24, 2.45) is 17.8 Å². The summed E-state index contributed by atoms with van der Waals surface area (Å²) in [4.78, 5) is 33.8. The molecule has 2 N–H and O–H groups in total. The minimum Gasteiger partial charge on any atom is -0.481 e. The van der Waals surface area contributed by atoms with Crippen LogP contribution in [0.2, 0.25) is 0 Å². The number of aliphatic carboxylic acids is 1. The number of ketones is 1. The molecule has 0 aromatic heterocycles. The van der Waals surface area contributed by atoms with Crippen LogP contribution in [0.4, 0.5) is 0 Å². The Kier molecular flexibility index (Phi) is 7.24. The van der Waals surface area contributed by atoms with Crippen LogP contribution in [0.5, 0.6) is 0 Å². The van der Waals surface area contributed by atoms with Gasteiger partial charge in [0.2, 0.25) is 5.91 Å². The number of carbonyl (C=O) groups excluding carboxylic acids is 2. The summed E-state index contributed by atoms with van der Waals surface area (Å²) < 4.78 is 0. The van der Waals surface area contributed by atoms with Crippen LogP contribution in [0.25, 0.3) is 0 Å². The van der Waals surface area contributed by atoms with Crippen molar-refractivity contribution in [2.75, 3.05) is 6.54 Å². The second kappa shape index (κ2) is 7.84. The van der Waals surface area contributed by atoms with E-state index in [4.69, 9.17) is 5.11 Å². The van der Waals surface area contributed by atoms with Gasteiger partial charge in [-0.25, -0.2) is 0 Å². The molecular weight excluding hydrogens is 234 g/mol. The van der Waals surface area contributed by atoms with Gasteiger partial charge >= 0.3 is 5.97 Å². The van der Waals surface area contributed by atoms with E-state index in [-0.39, 0.29) is 36.5 Å². The maximum atomic E-state index is 11.8. The van der Waals surface area contributed by atoms with E-state index in [1.807, 2.05) is 27.7 Å². The molecule has 0 aliphatic carbocycles. The molecule has 104 valence electrons. The van der Waals surface area contributed by atoms with Crippen molar-refractivity contribution < 1.29 is 19.5 Å². The van der Waals surface area contributed by atoms with Crippen LogP contribution in [-0.2, 0) is 14.4 Å². The molecule has 5 nitrogen and oxygen atoms in total. The van der Waals surface area contributed by atoms with Gasteiger partial charge in [0, 0.05) is 18.9 Å². The molecule has 0 fully saturated rings. The van der Waals surface area contributed by atoms with Gasteiger partial charge in [0.1, 0.15) is 5.78 Å². The number of carboxylic acids is 1. The normalized spacial score (nSPS) is 12.6. The van der Waals surface area contributed by atoms with Crippen molar-refractivity contribution in [3.63, 3.8) is 0 Å². The first-order valence-corrected chi connectivity index (χ1v) is 6.27. The van der Waals surface area contributed by atoms with E-state index in [9.17, 15) is 14.4 Å². The Morgan fingerprint density at radius 3 is 2.06 bits per heavy atom. The van der Waals surface area contributed by atoms with Gasteiger partial charge in [-0.1, -0.05) is 27.7 Å². The lowest BCUT2D eigenvalue weighted by Gasteiger charge is -2.18. The maximum Gasteiger partial charge on any atom is 0.304 e. The Labute approximate surface area is 108 Å². The summed E-state index contributed by atoms with van der Waals surface area (Å²) in [5, 5.41) is 11.4. The molecule has 0 aromatic rings. The Hall–Kier alpha value is -1.39. The Bertz CT molecular complexity index is 310. The summed E-state index contributed by atoms with van der Waals surface area (Å²) in [7, 11) is 0. The van der Waals surface area contributed by atoms with Crippen LogP contribution >= 0.6 is 0 Å². The van der Waals surface area contributed by atoms with E-state index < -0.39 is 11.9 Å². The molecular formula is C13H23NO4. The smallest absolute Gasteiger partial charge is 0.304 e. The molecule has 0 aliphatic rings. The Balaban J connectivity index is 4.19. The molecule has 0 rings (SSSR count). The monoisotopic (exact) mass is 257 g/mol. The lowest BCUT2D eigenvalue weighted by Crippen LogP contribution is -2.36. The maximum absolute atomic E-state index is 11.8. The summed E-state index contributed by atoms with van der Waals surface area (Å²) in [5.74, 6) is -1.80. The summed E-state index contributed by atoms with van der Waals surface area (Å²) in [5.41, 5.74) is 0. The van der Waals surface area contributed by atoms with Crippen molar-refractivity contribution in [1.82, 2.24) is 5.32 Å². The highest BCUT2D eigenvalue weighted by molar-refractivity contribution is 5.84. The molecule has 0 aromatic carbocycles. The first-order chi connectivity index (χ1) is 8.25. The zero-order chi connectivity index (χ0) is 14.3. The molecule has 5 heteroatoms. The van der Waals surface area contributed by atoms with E-state index in [1.54, 1.807) is 0 Å². The molecule has 1 atom stereocenters. The molecule has 1 unspecified atom stereocenters. The molecule has 0 radical (unpaired) electrons. The van der Waals surface area contributed by atoms with Gasteiger partial charge in [0.25, 0.3) is 0 Å². The van der Waals surface area contributed by atoms with Crippen molar-refractivity contribution in [2.45, 2.75) is 40.5 Å². The van der Waals surface area contributed by atoms with Gasteiger partial charge in [-0.15, -0.1) is 0 Å². The number of amides is 1. The number of hydrogen-bond donors (Lipinski definition) is 2. The van der Waals surface area contributed by atoms with Crippen LogP contribution in [0.15, 0.2) is 0 Å². The van der Waals surface area contributed by atoms with Crippen molar-refractivity contribution in [3.05, 3.63) is 0 Å². The summed E-state index contributed by atoms with van der Waals surface area (Å²) in [6.07, 6.45) is 0.114. The summed E-state index contributed by atoms with van der Waals surface area (Å²) in [6, 6.07) is 0. The SMILES string of the molecule is CC(C)C(=O)CCNC(=O)C(CC(=O)O)C(C)C. The molecule has 0 bridgehead atoms. The van der Waals surface area contributed by atoms with Gasteiger partial charge < -0.3 is 10.4 Å². The second-order valence-corrected chi connectivity index (χ2v) is 5.11. The molecule has 0 saturated heterocycles.